The first-order valence-electron chi connectivity index (χ1n) is 23.3. The van der Waals surface area contributed by atoms with Gasteiger partial charge in [0.2, 0.25) is 13.4 Å². The van der Waals surface area contributed by atoms with Gasteiger partial charge in [-0.3, -0.25) is 0 Å². The van der Waals surface area contributed by atoms with E-state index in [0.29, 0.717) is 0 Å². The van der Waals surface area contributed by atoms with Crippen LogP contribution in [0.15, 0.2) is 200 Å². The third kappa shape index (κ3) is 4.46. The fourth-order valence-corrected chi connectivity index (χ4v) is 18.7. The van der Waals surface area contributed by atoms with E-state index in [0.717, 1.165) is 6.42 Å². The standard InChI is InChI=1S/C61H41B2NSi/c1-37-32-46-44-27-17-31-54-61(44)63(50-29-14-15-30-53(50)64(54)2)52-35-48-55(65(40-20-6-3-7-21-40,41-22-8-4-9-23-41)42-24-10-5-11-25-42)36-47-43-26-16-19-39-33-38-18-12-13-28-49(38)62(60(39)43)51-34-45(37)58(56(46)52)59(48)57(47)51/h3-32,34-36H,33H2,1-2H3. The van der Waals surface area contributed by atoms with Gasteiger partial charge in [-0.15, -0.1) is 0 Å². The Balaban J connectivity index is 1.22. The molecule has 4 heteroatoms. The number of benzene rings is 11. The molecule has 4 aliphatic rings. The van der Waals surface area contributed by atoms with Gasteiger partial charge in [-0.25, -0.2) is 0 Å². The van der Waals surface area contributed by atoms with Crippen LogP contribution in [0.4, 0.5) is 11.4 Å². The van der Waals surface area contributed by atoms with Crippen molar-refractivity contribution in [2.75, 3.05) is 11.9 Å². The lowest BCUT2D eigenvalue weighted by molar-refractivity contribution is 1.21. The van der Waals surface area contributed by atoms with Crippen molar-refractivity contribution in [1.29, 1.82) is 0 Å². The summed E-state index contributed by atoms with van der Waals surface area (Å²) in [5.74, 6) is 0. The van der Waals surface area contributed by atoms with Gasteiger partial charge in [0, 0.05) is 18.4 Å². The molecule has 11 aromatic carbocycles. The molecule has 15 rings (SSSR count). The van der Waals surface area contributed by atoms with E-state index in [4.69, 9.17) is 0 Å². The molecule has 4 aliphatic heterocycles. The summed E-state index contributed by atoms with van der Waals surface area (Å²) in [6, 6.07) is 78.1. The molecular formula is C61H41B2NSi. The van der Waals surface area contributed by atoms with Crippen molar-refractivity contribution in [3.63, 3.8) is 0 Å². The summed E-state index contributed by atoms with van der Waals surface area (Å²) in [7, 11) is -0.818. The van der Waals surface area contributed by atoms with Gasteiger partial charge in [-0.1, -0.05) is 210 Å². The van der Waals surface area contributed by atoms with Crippen LogP contribution < -0.4 is 58.4 Å². The molecule has 300 valence electrons. The summed E-state index contributed by atoms with van der Waals surface area (Å²) in [4.78, 5) is 2.43. The van der Waals surface area contributed by atoms with E-state index in [9.17, 15) is 0 Å². The first-order valence-corrected chi connectivity index (χ1v) is 25.3. The smallest absolute Gasteiger partial charge is 0.248 e. The molecule has 1 nitrogen and oxygen atoms in total. The molecule has 0 atom stereocenters. The zero-order chi connectivity index (χ0) is 42.7. The maximum absolute atomic E-state index is 3.07. The molecule has 0 saturated heterocycles. The highest BCUT2D eigenvalue weighted by Gasteiger charge is 2.47. The van der Waals surface area contributed by atoms with Crippen LogP contribution in [0.1, 0.15) is 16.7 Å². The summed E-state index contributed by atoms with van der Waals surface area (Å²) in [6.07, 6.45) is 0.960. The molecular weight excluding hydrogens is 796 g/mol. The van der Waals surface area contributed by atoms with E-state index in [1.54, 1.807) is 0 Å². The fourth-order valence-electron chi connectivity index (χ4n) is 13.7. The third-order valence-electron chi connectivity index (χ3n) is 16.2. The molecule has 4 heterocycles. The quantitative estimate of drug-likeness (QED) is 0.103. The van der Waals surface area contributed by atoms with Crippen molar-refractivity contribution in [2.24, 2.45) is 0 Å². The molecule has 0 saturated carbocycles. The Bertz CT molecular complexity index is 3750. The van der Waals surface area contributed by atoms with E-state index in [2.05, 4.69) is 219 Å². The molecule has 0 unspecified atom stereocenters. The number of fused-ring (bicyclic) bond motifs is 8. The summed E-state index contributed by atoms with van der Waals surface area (Å²) >= 11 is 0. The van der Waals surface area contributed by atoms with Crippen molar-refractivity contribution in [3.8, 4) is 22.3 Å². The van der Waals surface area contributed by atoms with Crippen LogP contribution in [0.5, 0.6) is 0 Å². The van der Waals surface area contributed by atoms with Crippen molar-refractivity contribution in [2.45, 2.75) is 13.3 Å². The summed E-state index contributed by atoms with van der Waals surface area (Å²) in [5, 5.41) is 14.2. The van der Waals surface area contributed by atoms with Crippen LogP contribution in [0.2, 0.25) is 0 Å². The Morgan fingerprint density at radius 1 is 0.400 bits per heavy atom. The maximum atomic E-state index is 2.72. The second-order valence-electron chi connectivity index (χ2n) is 19.1. The van der Waals surface area contributed by atoms with E-state index >= 15 is 0 Å². The Hall–Kier alpha value is -7.39. The monoisotopic (exact) mass is 837 g/mol. The van der Waals surface area contributed by atoms with Gasteiger partial charge in [0.05, 0.1) is 0 Å². The van der Waals surface area contributed by atoms with Gasteiger partial charge in [0.15, 0.2) is 8.07 Å². The fraction of sp³-hybridized carbons (Fsp3) is 0.0492. The molecule has 0 bridgehead atoms. The molecule has 0 amide bonds. The average molecular weight is 838 g/mol. The molecule has 0 fully saturated rings. The van der Waals surface area contributed by atoms with Crippen molar-refractivity contribution >= 4 is 119 Å². The summed E-state index contributed by atoms with van der Waals surface area (Å²) in [6.45, 7) is 2.63. The molecule has 0 N–H and O–H groups in total. The lowest BCUT2D eigenvalue weighted by atomic mass is 9.30. The summed E-state index contributed by atoms with van der Waals surface area (Å²) < 4.78 is 0. The minimum absolute atomic E-state index is 0.0880. The first-order chi connectivity index (χ1) is 32.1. The Labute approximate surface area is 381 Å². The number of hydrogen-bond donors (Lipinski definition) is 0. The second-order valence-corrected chi connectivity index (χ2v) is 22.8. The van der Waals surface area contributed by atoms with Crippen molar-refractivity contribution in [3.05, 3.63) is 217 Å². The number of aryl methyl sites for hydroxylation is 1. The van der Waals surface area contributed by atoms with E-state index in [1.165, 1.54) is 136 Å². The van der Waals surface area contributed by atoms with Crippen LogP contribution in [0.3, 0.4) is 0 Å². The molecule has 11 aromatic rings. The number of para-hydroxylation sites is 1. The minimum atomic E-state index is -3.07. The molecule has 0 aromatic heterocycles. The average Bonchev–Trinajstić information content (AvgIpc) is 3.36. The van der Waals surface area contributed by atoms with Gasteiger partial charge in [-0.05, 0) is 128 Å². The predicted octanol–water partition coefficient (Wildman–Crippen LogP) is 7.25. The summed E-state index contributed by atoms with van der Waals surface area (Å²) in [5.41, 5.74) is 21.0. The van der Waals surface area contributed by atoms with Crippen LogP contribution >= 0.6 is 0 Å². The Kier molecular flexibility index (Phi) is 7.13. The van der Waals surface area contributed by atoms with Gasteiger partial charge < -0.3 is 4.90 Å². The van der Waals surface area contributed by atoms with Gasteiger partial charge >= 0.3 is 0 Å². The molecule has 0 radical (unpaired) electrons. The van der Waals surface area contributed by atoms with Crippen molar-refractivity contribution < 1.29 is 0 Å². The normalized spacial score (nSPS) is 13.8. The van der Waals surface area contributed by atoms with Crippen LogP contribution in [-0.4, -0.2) is 28.5 Å². The largest absolute Gasteiger partial charge is 0.345 e. The number of hydrogen-bond acceptors (Lipinski definition) is 1. The van der Waals surface area contributed by atoms with Crippen LogP contribution in [0.25, 0.3) is 54.6 Å². The number of anilines is 2. The highest BCUT2D eigenvalue weighted by Crippen LogP contribution is 2.46. The predicted molar refractivity (Wildman–Crippen MR) is 282 cm³/mol. The number of nitrogens with zero attached hydrogens (tertiary/aromatic N) is 1. The van der Waals surface area contributed by atoms with E-state index in [-0.39, 0.29) is 13.4 Å². The van der Waals surface area contributed by atoms with Crippen LogP contribution in [0, 0.1) is 6.92 Å². The van der Waals surface area contributed by atoms with Gasteiger partial charge in [0.25, 0.3) is 0 Å². The highest BCUT2D eigenvalue weighted by atomic mass is 28.3. The topological polar surface area (TPSA) is 3.24 Å². The van der Waals surface area contributed by atoms with E-state index in [1.807, 2.05) is 0 Å². The molecule has 0 spiro atoms. The SMILES string of the molecule is Cc1cc2c3c(cc4c([Si](c5ccccc5)(c5ccccc5)c5ccccc5)cc5c6c(cc1c3c46)B1c3ccccc3Cc3cccc-5c31)B1c3ccccc3N(C)c3cccc-2c31. The lowest BCUT2D eigenvalue weighted by Gasteiger charge is -2.41. The van der Waals surface area contributed by atoms with E-state index < -0.39 is 8.07 Å². The highest BCUT2D eigenvalue weighted by molar-refractivity contribution is 7.21. The first kappa shape index (κ1) is 36.0. The zero-order valence-electron chi connectivity index (χ0n) is 36.4. The van der Waals surface area contributed by atoms with Crippen LogP contribution in [-0.2, 0) is 6.42 Å². The molecule has 65 heavy (non-hydrogen) atoms. The van der Waals surface area contributed by atoms with Gasteiger partial charge in [-0.2, -0.15) is 0 Å². The Morgan fingerprint density at radius 2 is 0.908 bits per heavy atom. The third-order valence-corrected chi connectivity index (χ3v) is 21.0. The maximum Gasteiger partial charge on any atom is 0.248 e. The number of rotatable bonds is 4. The molecule has 0 aliphatic carbocycles. The van der Waals surface area contributed by atoms with Crippen molar-refractivity contribution in [1.82, 2.24) is 0 Å². The minimum Gasteiger partial charge on any atom is -0.345 e. The lowest BCUT2D eigenvalue weighted by Crippen LogP contribution is -2.75. The zero-order valence-corrected chi connectivity index (χ0v) is 37.4. The Morgan fingerprint density at radius 3 is 1.60 bits per heavy atom. The van der Waals surface area contributed by atoms with Gasteiger partial charge in [0.1, 0.15) is 0 Å². The second kappa shape index (κ2) is 12.9.